The summed E-state index contributed by atoms with van der Waals surface area (Å²) in [6, 6.07) is 5.96. The number of hydrogen-bond acceptors (Lipinski definition) is 3. The molecule has 0 aromatic heterocycles. The maximum absolute atomic E-state index is 13.6. The molecule has 3 unspecified atom stereocenters. The Bertz CT molecular complexity index is 494. The summed E-state index contributed by atoms with van der Waals surface area (Å²) in [5.41, 5.74) is 1.14. The summed E-state index contributed by atoms with van der Waals surface area (Å²) in [6.45, 7) is 5.27. The molecule has 2 heterocycles. The molecule has 116 valence electrons. The molecule has 0 spiro atoms. The van der Waals surface area contributed by atoms with Crippen molar-refractivity contribution >= 4 is 11.8 Å². The number of benzene rings is 1. The average molecular weight is 309 g/mol. The van der Waals surface area contributed by atoms with Gasteiger partial charge in [0.15, 0.2) is 0 Å². The molecule has 3 atom stereocenters. The number of nitrogens with one attached hydrogen (secondary N) is 1. The number of hydrogen-bond donors (Lipinski definition) is 1. The molecule has 1 saturated heterocycles. The maximum Gasteiger partial charge on any atom is 0.123 e. The molecular formula is C17H24FNOS. The molecule has 1 aromatic rings. The summed E-state index contributed by atoms with van der Waals surface area (Å²) in [7, 11) is 0. The molecule has 0 amide bonds. The molecule has 0 saturated carbocycles. The van der Waals surface area contributed by atoms with Gasteiger partial charge in [-0.1, -0.05) is 13.8 Å². The number of rotatable bonds is 3. The summed E-state index contributed by atoms with van der Waals surface area (Å²) in [6.07, 6.45) is 3.54. The van der Waals surface area contributed by atoms with Crippen molar-refractivity contribution < 1.29 is 9.13 Å². The Hall–Kier alpha value is -0.580. The van der Waals surface area contributed by atoms with E-state index in [1.54, 1.807) is 12.1 Å². The number of halogens is 1. The van der Waals surface area contributed by atoms with Gasteiger partial charge in [-0.25, -0.2) is 4.39 Å². The van der Waals surface area contributed by atoms with Crippen LogP contribution in [0.25, 0.3) is 0 Å². The quantitative estimate of drug-likeness (QED) is 0.906. The molecule has 0 radical (unpaired) electrons. The standard InChI is InChI=1S/C17H24FNOS/c1-11(2)16-10-13(5-7-20-16)19-15-6-8-21-17-4-3-12(18)9-14(15)17/h3-4,9,11,13,15-16,19H,5-8,10H2,1-2H3. The monoisotopic (exact) mass is 309 g/mol. The smallest absolute Gasteiger partial charge is 0.123 e. The third kappa shape index (κ3) is 3.61. The van der Waals surface area contributed by atoms with Crippen LogP contribution in [0.5, 0.6) is 0 Å². The van der Waals surface area contributed by atoms with Crippen molar-refractivity contribution in [3.63, 3.8) is 0 Å². The summed E-state index contributed by atoms with van der Waals surface area (Å²) >= 11 is 1.84. The molecule has 3 rings (SSSR count). The van der Waals surface area contributed by atoms with Gasteiger partial charge in [-0.15, -0.1) is 11.8 Å². The summed E-state index contributed by atoms with van der Waals surface area (Å²) in [5, 5.41) is 3.77. The van der Waals surface area contributed by atoms with Gasteiger partial charge in [-0.05, 0) is 54.7 Å². The molecule has 2 aliphatic rings. The van der Waals surface area contributed by atoms with E-state index < -0.39 is 0 Å². The van der Waals surface area contributed by atoms with E-state index in [9.17, 15) is 4.39 Å². The number of thioether (sulfide) groups is 1. The largest absolute Gasteiger partial charge is 0.378 e. The van der Waals surface area contributed by atoms with Crippen molar-refractivity contribution in [2.75, 3.05) is 12.4 Å². The van der Waals surface area contributed by atoms with Gasteiger partial charge in [-0.2, -0.15) is 0 Å². The normalized spacial score (nSPS) is 29.4. The van der Waals surface area contributed by atoms with Crippen LogP contribution in [0.15, 0.2) is 23.1 Å². The fourth-order valence-electron chi connectivity index (χ4n) is 3.27. The van der Waals surface area contributed by atoms with Crippen molar-refractivity contribution in [3.8, 4) is 0 Å². The molecule has 2 aliphatic heterocycles. The van der Waals surface area contributed by atoms with Crippen molar-refractivity contribution in [1.82, 2.24) is 5.32 Å². The minimum Gasteiger partial charge on any atom is -0.378 e. The fraction of sp³-hybridized carbons (Fsp3) is 0.647. The summed E-state index contributed by atoms with van der Waals surface area (Å²) in [4.78, 5) is 1.23. The molecule has 21 heavy (non-hydrogen) atoms. The summed E-state index contributed by atoms with van der Waals surface area (Å²) < 4.78 is 19.4. The van der Waals surface area contributed by atoms with E-state index in [4.69, 9.17) is 4.74 Å². The molecule has 0 aliphatic carbocycles. The van der Waals surface area contributed by atoms with Gasteiger partial charge < -0.3 is 10.1 Å². The minimum atomic E-state index is -0.130. The van der Waals surface area contributed by atoms with E-state index in [1.807, 2.05) is 17.8 Å². The predicted octanol–water partition coefficient (Wildman–Crippen LogP) is 4.16. The van der Waals surface area contributed by atoms with Crippen molar-refractivity contribution in [2.24, 2.45) is 5.92 Å². The summed E-state index contributed by atoms with van der Waals surface area (Å²) in [5.74, 6) is 1.53. The molecule has 1 aromatic carbocycles. The molecule has 4 heteroatoms. The molecule has 1 fully saturated rings. The van der Waals surface area contributed by atoms with Gasteiger partial charge in [0.05, 0.1) is 6.10 Å². The zero-order valence-electron chi connectivity index (χ0n) is 12.8. The topological polar surface area (TPSA) is 21.3 Å². The van der Waals surface area contributed by atoms with Crippen LogP contribution >= 0.6 is 11.8 Å². The Morgan fingerprint density at radius 3 is 3.00 bits per heavy atom. The third-order valence-electron chi connectivity index (χ3n) is 4.51. The Morgan fingerprint density at radius 1 is 1.33 bits per heavy atom. The van der Waals surface area contributed by atoms with E-state index in [1.165, 1.54) is 4.90 Å². The van der Waals surface area contributed by atoms with E-state index in [0.717, 1.165) is 37.2 Å². The van der Waals surface area contributed by atoms with E-state index in [-0.39, 0.29) is 11.9 Å². The van der Waals surface area contributed by atoms with Crippen LogP contribution in [0, 0.1) is 11.7 Å². The lowest BCUT2D eigenvalue weighted by Crippen LogP contribution is -2.43. The number of fused-ring (bicyclic) bond motifs is 1. The van der Waals surface area contributed by atoms with Crippen LogP contribution < -0.4 is 5.32 Å². The average Bonchev–Trinajstić information content (AvgIpc) is 2.48. The second-order valence-electron chi connectivity index (χ2n) is 6.41. The Kier molecular flexibility index (Phi) is 4.87. The van der Waals surface area contributed by atoms with Gasteiger partial charge in [-0.3, -0.25) is 0 Å². The van der Waals surface area contributed by atoms with E-state index >= 15 is 0 Å². The third-order valence-corrected chi connectivity index (χ3v) is 5.63. The molecular weight excluding hydrogens is 285 g/mol. The lowest BCUT2D eigenvalue weighted by molar-refractivity contribution is -0.0261. The van der Waals surface area contributed by atoms with Crippen LogP contribution in [0.4, 0.5) is 4.39 Å². The fourth-order valence-corrected chi connectivity index (χ4v) is 4.37. The van der Waals surface area contributed by atoms with E-state index in [0.29, 0.717) is 18.1 Å². The zero-order valence-corrected chi connectivity index (χ0v) is 13.6. The van der Waals surface area contributed by atoms with Crippen LogP contribution in [0.1, 0.15) is 44.7 Å². The van der Waals surface area contributed by atoms with E-state index in [2.05, 4.69) is 19.2 Å². The highest BCUT2D eigenvalue weighted by Crippen LogP contribution is 2.37. The molecule has 2 nitrogen and oxygen atoms in total. The zero-order chi connectivity index (χ0) is 14.8. The maximum atomic E-state index is 13.6. The predicted molar refractivity (Wildman–Crippen MR) is 85.2 cm³/mol. The molecule has 0 bridgehead atoms. The Balaban J connectivity index is 1.70. The highest BCUT2D eigenvalue weighted by atomic mass is 32.2. The van der Waals surface area contributed by atoms with Crippen molar-refractivity contribution in [1.29, 1.82) is 0 Å². The lowest BCUT2D eigenvalue weighted by Gasteiger charge is -2.36. The highest BCUT2D eigenvalue weighted by Gasteiger charge is 2.29. The SMILES string of the molecule is CC(C)C1CC(NC2CCSc3ccc(F)cc32)CCO1. The second-order valence-corrected chi connectivity index (χ2v) is 7.55. The van der Waals surface area contributed by atoms with Gasteiger partial charge >= 0.3 is 0 Å². The van der Waals surface area contributed by atoms with Gasteiger partial charge in [0.25, 0.3) is 0 Å². The first-order valence-electron chi connectivity index (χ1n) is 7.93. The van der Waals surface area contributed by atoms with Gasteiger partial charge in [0.2, 0.25) is 0 Å². The Morgan fingerprint density at radius 2 is 2.19 bits per heavy atom. The van der Waals surface area contributed by atoms with Crippen LogP contribution in [-0.4, -0.2) is 24.5 Å². The van der Waals surface area contributed by atoms with Gasteiger partial charge in [0.1, 0.15) is 5.82 Å². The first-order chi connectivity index (χ1) is 10.1. The van der Waals surface area contributed by atoms with Gasteiger partial charge in [0, 0.05) is 23.6 Å². The molecule has 1 N–H and O–H groups in total. The van der Waals surface area contributed by atoms with Crippen LogP contribution in [0.3, 0.4) is 0 Å². The minimum absolute atomic E-state index is 0.130. The second kappa shape index (κ2) is 6.67. The first kappa shape index (κ1) is 15.3. The highest BCUT2D eigenvalue weighted by molar-refractivity contribution is 7.99. The van der Waals surface area contributed by atoms with Crippen molar-refractivity contribution in [2.45, 2.75) is 56.2 Å². The van der Waals surface area contributed by atoms with Crippen LogP contribution in [0.2, 0.25) is 0 Å². The Labute approximate surface area is 130 Å². The number of ether oxygens (including phenoxy) is 1. The first-order valence-corrected chi connectivity index (χ1v) is 8.92. The van der Waals surface area contributed by atoms with Crippen LogP contribution in [-0.2, 0) is 4.74 Å². The van der Waals surface area contributed by atoms with Crippen molar-refractivity contribution in [3.05, 3.63) is 29.6 Å². The lowest BCUT2D eigenvalue weighted by atomic mass is 9.93.